The maximum Gasteiger partial charge on any atom is 0.341 e. The van der Waals surface area contributed by atoms with Gasteiger partial charge in [0.2, 0.25) is 5.91 Å². The van der Waals surface area contributed by atoms with Gasteiger partial charge in [0.15, 0.2) is 0 Å². The highest BCUT2D eigenvalue weighted by atomic mass is 32.2. The summed E-state index contributed by atoms with van der Waals surface area (Å²) in [6, 6.07) is 34.6. The molecule has 1 aliphatic carbocycles. The van der Waals surface area contributed by atoms with Crippen molar-refractivity contribution in [3.63, 3.8) is 0 Å². The molecule has 8 nitrogen and oxygen atoms in total. The Labute approximate surface area is 324 Å². The summed E-state index contributed by atoms with van der Waals surface area (Å²) in [5.74, 6) is -1.19. The van der Waals surface area contributed by atoms with Crippen LogP contribution in [-0.4, -0.2) is 30.8 Å². The van der Waals surface area contributed by atoms with Crippen molar-refractivity contribution in [3.8, 4) is 0 Å². The van der Waals surface area contributed by atoms with Crippen molar-refractivity contribution < 1.29 is 23.9 Å². The van der Waals surface area contributed by atoms with Crippen molar-refractivity contribution in [2.24, 2.45) is 11.3 Å². The molecule has 0 radical (unpaired) electrons. The van der Waals surface area contributed by atoms with Crippen LogP contribution in [0, 0.1) is 11.3 Å². The second-order valence-corrected chi connectivity index (χ2v) is 16.5. The van der Waals surface area contributed by atoms with Crippen LogP contribution in [0.4, 0.5) is 10.7 Å². The van der Waals surface area contributed by atoms with E-state index in [0.29, 0.717) is 27.7 Å². The molecule has 3 amide bonds. The Morgan fingerprint density at radius 1 is 0.852 bits per heavy atom. The van der Waals surface area contributed by atoms with Gasteiger partial charge in [0, 0.05) is 21.0 Å². The number of amides is 3. The van der Waals surface area contributed by atoms with E-state index >= 15 is 0 Å². The average molecular weight is 758 g/mol. The SMILES string of the molecule is COC(=O)c1c(NC(=O)C(Sc2cccc(NC(=O)/C(=C/c3ccccc3)NC(=O)c3ccccc3)c2)c2ccccc2)sc2c1CCC(C(C)(C)C)C2. The number of ether oxygens (including phenoxy) is 1. The van der Waals surface area contributed by atoms with Crippen molar-refractivity contribution in [1.82, 2.24) is 5.32 Å². The summed E-state index contributed by atoms with van der Waals surface area (Å²) in [7, 11) is 1.37. The molecule has 6 rings (SSSR count). The molecule has 54 heavy (non-hydrogen) atoms. The van der Waals surface area contributed by atoms with Crippen molar-refractivity contribution in [2.75, 3.05) is 17.7 Å². The third kappa shape index (κ3) is 9.37. The highest BCUT2D eigenvalue weighted by Gasteiger charge is 2.35. The predicted molar refractivity (Wildman–Crippen MR) is 218 cm³/mol. The molecular weight excluding hydrogens is 715 g/mol. The second kappa shape index (κ2) is 17.1. The Hall–Kier alpha value is -5.45. The molecule has 4 aromatic carbocycles. The van der Waals surface area contributed by atoms with Crippen LogP contribution in [0.25, 0.3) is 6.08 Å². The minimum atomic E-state index is -0.692. The van der Waals surface area contributed by atoms with E-state index in [4.69, 9.17) is 4.74 Å². The van der Waals surface area contributed by atoms with E-state index in [1.165, 1.54) is 30.2 Å². The largest absolute Gasteiger partial charge is 0.465 e. The lowest BCUT2D eigenvalue weighted by Crippen LogP contribution is -2.30. The molecule has 1 aromatic heterocycles. The van der Waals surface area contributed by atoms with Crippen LogP contribution < -0.4 is 16.0 Å². The molecule has 1 aliphatic rings. The number of hydrogen-bond donors (Lipinski definition) is 3. The number of thiophene rings is 1. The maximum atomic E-state index is 14.3. The lowest BCUT2D eigenvalue weighted by Gasteiger charge is -2.33. The molecule has 0 fully saturated rings. The van der Waals surface area contributed by atoms with Crippen LogP contribution in [0.2, 0.25) is 0 Å². The smallest absolute Gasteiger partial charge is 0.341 e. The van der Waals surface area contributed by atoms with Gasteiger partial charge in [-0.2, -0.15) is 0 Å². The van der Waals surface area contributed by atoms with Gasteiger partial charge in [-0.1, -0.05) is 106 Å². The Bertz CT molecular complexity index is 2160. The summed E-state index contributed by atoms with van der Waals surface area (Å²) >= 11 is 2.79. The first-order valence-electron chi connectivity index (χ1n) is 17.8. The molecule has 10 heteroatoms. The number of anilines is 2. The van der Waals surface area contributed by atoms with Crippen LogP contribution in [0.3, 0.4) is 0 Å². The Balaban J connectivity index is 1.25. The van der Waals surface area contributed by atoms with Gasteiger partial charge >= 0.3 is 5.97 Å². The third-order valence-electron chi connectivity index (χ3n) is 9.44. The minimum Gasteiger partial charge on any atom is -0.465 e. The minimum absolute atomic E-state index is 0.0727. The number of hydrogen-bond acceptors (Lipinski definition) is 7. The Kier molecular flexibility index (Phi) is 12.1. The van der Waals surface area contributed by atoms with Gasteiger partial charge < -0.3 is 20.7 Å². The summed E-state index contributed by atoms with van der Waals surface area (Å²) in [4.78, 5) is 56.1. The van der Waals surface area contributed by atoms with Crippen LogP contribution in [-0.2, 0) is 27.2 Å². The number of carbonyl (C=O) groups is 4. The molecule has 0 saturated heterocycles. The number of fused-ring (bicyclic) bond motifs is 1. The van der Waals surface area contributed by atoms with E-state index in [1.807, 2.05) is 72.8 Å². The van der Waals surface area contributed by atoms with Gasteiger partial charge in [0.1, 0.15) is 15.9 Å². The van der Waals surface area contributed by atoms with Gasteiger partial charge in [0.25, 0.3) is 11.8 Å². The van der Waals surface area contributed by atoms with E-state index in [9.17, 15) is 19.2 Å². The van der Waals surface area contributed by atoms with E-state index in [0.717, 1.165) is 45.7 Å². The monoisotopic (exact) mass is 757 g/mol. The van der Waals surface area contributed by atoms with E-state index in [2.05, 4.69) is 36.7 Å². The predicted octanol–water partition coefficient (Wildman–Crippen LogP) is 9.57. The highest BCUT2D eigenvalue weighted by molar-refractivity contribution is 8.00. The van der Waals surface area contributed by atoms with Crippen molar-refractivity contribution >= 4 is 63.6 Å². The summed E-state index contributed by atoms with van der Waals surface area (Å²) in [5, 5.41) is 8.62. The normalized spacial score (nSPS) is 14.7. The molecule has 3 N–H and O–H groups in total. The van der Waals surface area contributed by atoms with Crippen molar-refractivity contribution in [2.45, 2.75) is 50.2 Å². The fourth-order valence-electron chi connectivity index (χ4n) is 6.45. The zero-order valence-electron chi connectivity index (χ0n) is 30.7. The summed E-state index contributed by atoms with van der Waals surface area (Å²) in [5.41, 5.74) is 4.03. The fourth-order valence-corrected chi connectivity index (χ4v) is 8.85. The first-order valence-corrected chi connectivity index (χ1v) is 19.5. The molecule has 1 heterocycles. The molecule has 0 spiro atoms. The number of thioether (sulfide) groups is 1. The number of methoxy groups -OCH3 is 1. The Morgan fingerprint density at radius 2 is 1.52 bits per heavy atom. The van der Waals surface area contributed by atoms with Gasteiger partial charge in [-0.15, -0.1) is 23.1 Å². The van der Waals surface area contributed by atoms with Crippen LogP contribution in [0.15, 0.2) is 126 Å². The maximum absolute atomic E-state index is 14.3. The molecular formula is C44H43N3O5S2. The number of nitrogens with one attached hydrogen (secondary N) is 3. The zero-order chi connectivity index (χ0) is 38.2. The van der Waals surface area contributed by atoms with E-state index < -0.39 is 23.0 Å². The Morgan fingerprint density at radius 3 is 2.19 bits per heavy atom. The summed E-state index contributed by atoms with van der Waals surface area (Å²) in [6.07, 6.45) is 4.18. The molecule has 5 aromatic rings. The topological polar surface area (TPSA) is 114 Å². The average Bonchev–Trinajstić information content (AvgIpc) is 3.54. The van der Waals surface area contributed by atoms with Gasteiger partial charge in [-0.05, 0) is 83.7 Å². The zero-order valence-corrected chi connectivity index (χ0v) is 32.3. The number of carbonyl (C=O) groups excluding carboxylic acids is 4. The molecule has 0 saturated carbocycles. The molecule has 0 aliphatic heterocycles. The molecule has 2 atom stereocenters. The lowest BCUT2D eigenvalue weighted by atomic mass is 9.72. The summed E-state index contributed by atoms with van der Waals surface area (Å²) < 4.78 is 5.21. The van der Waals surface area contributed by atoms with E-state index in [1.54, 1.807) is 48.5 Å². The van der Waals surface area contributed by atoms with Crippen LogP contribution in [0.1, 0.15) is 74.7 Å². The van der Waals surface area contributed by atoms with E-state index in [-0.39, 0.29) is 17.0 Å². The molecule has 2 unspecified atom stereocenters. The molecule has 276 valence electrons. The van der Waals surface area contributed by atoms with Crippen molar-refractivity contribution in [3.05, 3.63) is 154 Å². The molecule has 0 bridgehead atoms. The second-order valence-electron chi connectivity index (χ2n) is 14.2. The number of benzene rings is 4. The number of rotatable bonds is 11. The first-order chi connectivity index (χ1) is 26.0. The van der Waals surface area contributed by atoms with Gasteiger partial charge in [-0.3, -0.25) is 14.4 Å². The van der Waals surface area contributed by atoms with Crippen LogP contribution in [0.5, 0.6) is 0 Å². The lowest BCUT2D eigenvalue weighted by molar-refractivity contribution is -0.116. The van der Waals surface area contributed by atoms with Gasteiger partial charge in [0.05, 0.1) is 12.7 Å². The summed E-state index contributed by atoms with van der Waals surface area (Å²) in [6.45, 7) is 6.73. The third-order valence-corrected chi connectivity index (χ3v) is 11.9. The first kappa shape index (κ1) is 38.3. The highest BCUT2D eigenvalue weighted by Crippen LogP contribution is 2.45. The number of esters is 1. The van der Waals surface area contributed by atoms with Crippen LogP contribution >= 0.6 is 23.1 Å². The standard InChI is InChI=1S/C44H43N3O5S2/c1-44(2,3)31-23-24-34-36(26-31)54-42(37(34)43(51)52-4)47-41(50)38(29-17-10-6-11-18-29)53-33-22-14-21-32(27-33)45-40(49)35(25-28-15-8-5-9-16-28)46-39(48)30-19-12-7-13-20-30/h5-22,25,27,31,38H,23-24,26H2,1-4H3,(H,45,49)(H,46,48)(H,47,50)/b35-25-. The fraction of sp³-hybridized carbons (Fsp3) is 0.227. The quantitative estimate of drug-likeness (QED) is 0.0703. The van der Waals surface area contributed by atoms with Gasteiger partial charge in [-0.25, -0.2) is 4.79 Å². The van der Waals surface area contributed by atoms with Crippen molar-refractivity contribution in [1.29, 1.82) is 0 Å².